The molecule has 0 saturated heterocycles. The van der Waals surface area contributed by atoms with Gasteiger partial charge < -0.3 is 10.7 Å². The third kappa shape index (κ3) is 2.60. The molecule has 0 saturated carbocycles. The summed E-state index contributed by atoms with van der Waals surface area (Å²) in [5.41, 5.74) is 9.37. The molecule has 2 atom stereocenters. The van der Waals surface area contributed by atoms with Crippen LogP contribution in [-0.2, 0) is 5.54 Å². The smallest absolute Gasteiger partial charge is 0.328 e. The Hall–Kier alpha value is -2.30. The van der Waals surface area contributed by atoms with Crippen LogP contribution in [0, 0.1) is 6.92 Å². The number of benzene rings is 1. The lowest BCUT2D eigenvalue weighted by molar-refractivity contribution is 0.368. The summed E-state index contributed by atoms with van der Waals surface area (Å²) in [5, 5.41) is 0.801. The van der Waals surface area contributed by atoms with E-state index in [0.717, 1.165) is 22.1 Å². The van der Waals surface area contributed by atoms with E-state index in [4.69, 9.17) is 10.7 Å². The number of nitrogens with one attached hydrogen (secondary N) is 1. The molecule has 1 aromatic heterocycles. The number of nitrogen functional groups attached to an aromatic ring is 1. The highest BCUT2D eigenvalue weighted by atomic mass is 16.1. The number of rotatable bonds is 1. The Labute approximate surface area is 135 Å². The molecule has 0 unspecified atom stereocenters. The SMILES string of the molecule is Cc1ccc(N)cc1[C@H]1C=c2[nH]c(=O)n(C(C)(C)C)c2=N[C@H]1C. The molecule has 0 radical (unpaired) electrons. The zero-order valence-corrected chi connectivity index (χ0v) is 14.3. The van der Waals surface area contributed by atoms with Crippen LogP contribution in [0.25, 0.3) is 6.08 Å². The van der Waals surface area contributed by atoms with Gasteiger partial charge in [-0.2, -0.15) is 0 Å². The Bertz CT molecular complexity index is 927. The molecule has 1 aliphatic rings. The van der Waals surface area contributed by atoms with E-state index in [1.165, 1.54) is 5.56 Å². The van der Waals surface area contributed by atoms with Crippen molar-refractivity contribution >= 4 is 11.8 Å². The zero-order valence-electron chi connectivity index (χ0n) is 14.3. The second-order valence-corrected chi connectivity index (χ2v) is 7.35. The standard InChI is InChI=1S/C18H24N4O/c1-10-6-7-12(19)8-13(10)14-9-15-16(20-11(14)2)22(17(23)21-15)18(3,4)5/h6-9,11,14H,19H2,1-5H3,(H,21,23)/t11-,14-/m0/s1. The molecule has 3 N–H and O–H groups in total. The van der Waals surface area contributed by atoms with Crippen molar-refractivity contribution in [3.63, 3.8) is 0 Å². The number of nitrogens with two attached hydrogens (primary N) is 1. The maximum Gasteiger partial charge on any atom is 0.328 e. The van der Waals surface area contributed by atoms with Crippen molar-refractivity contribution in [2.24, 2.45) is 4.99 Å². The molecule has 23 heavy (non-hydrogen) atoms. The fourth-order valence-corrected chi connectivity index (χ4v) is 3.27. The van der Waals surface area contributed by atoms with Crippen LogP contribution in [0.3, 0.4) is 0 Å². The third-order valence-corrected chi connectivity index (χ3v) is 4.42. The first-order valence-electron chi connectivity index (χ1n) is 7.95. The number of H-pyrrole nitrogens is 1. The van der Waals surface area contributed by atoms with Gasteiger partial charge in [0.15, 0.2) is 5.49 Å². The second kappa shape index (κ2) is 5.11. The van der Waals surface area contributed by atoms with Gasteiger partial charge in [0.25, 0.3) is 0 Å². The quantitative estimate of drug-likeness (QED) is 0.781. The summed E-state index contributed by atoms with van der Waals surface area (Å²) in [6.07, 6.45) is 2.11. The summed E-state index contributed by atoms with van der Waals surface area (Å²) >= 11 is 0. The molecule has 122 valence electrons. The monoisotopic (exact) mass is 312 g/mol. The first-order chi connectivity index (χ1) is 10.7. The molecule has 1 aromatic carbocycles. The zero-order chi connectivity index (χ0) is 16.9. The first-order valence-corrected chi connectivity index (χ1v) is 7.95. The van der Waals surface area contributed by atoms with Crippen LogP contribution in [0.5, 0.6) is 0 Å². The van der Waals surface area contributed by atoms with Gasteiger partial charge in [-0.15, -0.1) is 0 Å². The van der Waals surface area contributed by atoms with Crippen LogP contribution in [-0.4, -0.2) is 15.6 Å². The number of aromatic nitrogens is 2. The minimum Gasteiger partial charge on any atom is -0.399 e. The Kier molecular flexibility index (Phi) is 3.47. The first kappa shape index (κ1) is 15.6. The summed E-state index contributed by atoms with van der Waals surface area (Å²) in [7, 11) is 0. The molecule has 2 aromatic rings. The fourth-order valence-electron chi connectivity index (χ4n) is 3.27. The Balaban J connectivity index is 2.23. The van der Waals surface area contributed by atoms with Crippen LogP contribution < -0.4 is 22.3 Å². The van der Waals surface area contributed by atoms with Gasteiger partial charge in [-0.05, 0) is 64.0 Å². The predicted molar refractivity (Wildman–Crippen MR) is 93.1 cm³/mol. The number of imidazole rings is 1. The van der Waals surface area contributed by atoms with Crippen molar-refractivity contribution in [2.75, 3.05) is 5.73 Å². The van der Waals surface area contributed by atoms with Crippen molar-refractivity contribution in [3.05, 3.63) is 50.6 Å². The molecule has 3 rings (SSSR count). The topological polar surface area (TPSA) is 76.2 Å². The van der Waals surface area contributed by atoms with Crippen LogP contribution in [0.1, 0.15) is 44.7 Å². The minimum atomic E-state index is -0.307. The molecule has 0 bridgehead atoms. The van der Waals surface area contributed by atoms with Gasteiger partial charge in [0, 0.05) is 17.1 Å². The average Bonchev–Trinajstić information content (AvgIpc) is 2.75. The molecule has 2 heterocycles. The second-order valence-electron chi connectivity index (χ2n) is 7.35. The lowest BCUT2D eigenvalue weighted by Crippen LogP contribution is -2.45. The molecule has 0 fully saturated rings. The number of hydrogen-bond donors (Lipinski definition) is 2. The normalized spacial score (nSPS) is 20.6. The predicted octanol–water partition coefficient (Wildman–Crippen LogP) is 1.41. The third-order valence-electron chi connectivity index (χ3n) is 4.42. The molecule has 0 aliphatic carbocycles. The number of fused-ring (bicyclic) bond motifs is 1. The average molecular weight is 312 g/mol. The lowest BCUT2D eigenvalue weighted by Gasteiger charge is -2.24. The van der Waals surface area contributed by atoms with E-state index in [9.17, 15) is 4.79 Å². The van der Waals surface area contributed by atoms with Crippen LogP contribution >= 0.6 is 0 Å². The van der Waals surface area contributed by atoms with Gasteiger partial charge in [0.2, 0.25) is 0 Å². The highest BCUT2D eigenvalue weighted by Crippen LogP contribution is 2.28. The van der Waals surface area contributed by atoms with Crippen LogP contribution in [0.15, 0.2) is 28.0 Å². The van der Waals surface area contributed by atoms with Gasteiger partial charge in [-0.1, -0.05) is 6.07 Å². The van der Waals surface area contributed by atoms with Crippen molar-refractivity contribution < 1.29 is 0 Å². The van der Waals surface area contributed by atoms with E-state index in [-0.39, 0.29) is 23.2 Å². The van der Waals surface area contributed by atoms with Gasteiger partial charge in [-0.25, -0.2) is 4.79 Å². The van der Waals surface area contributed by atoms with Crippen molar-refractivity contribution in [1.82, 2.24) is 9.55 Å². The number of nitrogens with zero attached hydrogens (tertiary/aromatic N) is 2. The van der Waals surface area contributed by atoms with Crippen molar-refractivity contribution in [3.8, 4) is 0 Å². The van der Waals surface area contributed by atoms with Gasteiger partial charge >= 0.3 is 5.69 Å². The van der Waals surface area contributed by atoms with Gasteiger partial charge in [0.1, 0.15) is 0 Å². The summed E-state index contributed by atoms with van der Waals surface area (Å²) < 4.78 is 1.73. The molecule has 0 spiro atoms. The Morgan fingerprint density at radius 2 is 2.00 bits per heavy atom. The number of hydrogen-bond acceptors (Lipinski definition) is 3. The van der Waals surface area contributed by atoms with E-state index >= 15 is 0 Å². The molecule has 5 nitrogen and oxygen atoms in total. The van der Waals surface area contributed by atoms with Crippen molar-refractivity contribution in [2.45, 2.75) is 52.1 Å². The van der Waals surface area contributed by atoms with E-state index < -0.39 is 0 Å². The van der Waals surface area contributed by atoms with Gasteiger partial charge in [-0.3, -0.25) is 9.56 Å². The summed E-state index contributed by atoms with van der Waals surface area (Å²) in [4.78, 5) is 20.1. The molecular weight excluding hydrogens is 288 g/mol. The Morgan fingerprint density at radius 3 is 2.65 bits per heavy atom. The lowest BCUT2D eigenvalue weighted by atomic mass is 9.88. The molecular formula is C18H24N4O. The molecule has 5 heteroatoms. The maximum absolute atomic E-state index is 12.3. The minimum absolute atomic E-state index is 0.0480. The molecule has 1 aliphatic heterocycles. The highest BCUT2D eigenvalue weighted by Gasteiger charge is 2.26. The van der Waals surface area contributed by atoms with E-state index in [1.54, 1.807) is 4.57 Å². The summed E-state index contributed by atoms with van der Waals surface area (Å²) in [5.74, 6) is 0.109. The van der Waals surface area contributed by atoms with E-state index in [0.29, 0.717) is 0 Å². The van der Waals surface area contributed by atoms with E-state index in [1.807, 2.05) is 39.0 Å². The van der Waals surface area contributed by atoms with Crippen LogP contribution in [0.2, 0.25) is 0 Å². The fraction of sp³-hybridized carbons (Fsp3) is 0.444. The number of anilines is 1. The highest BCUT2D eigenvalue weighted by molar-refractivity contribution is 5.51. The number of aryl methyl sites for hydroxylation is 1. The van der Waals surface area contributed by atoms with E-state index in [2.05, 4.69) is 24.9 Å². The summed E-state index contributed by atoms with van der Waals surface area (Å²) in [6.45, 7) is 10.2. The largest absolute Gasteiger partial charge is 0.399 e. The van der Waals surface area contributed by atoms with Gasteiger partial charge in [0.05, 0.1) is 11.4 Å². The van der Waals surface area contributed by atoms with Crippen molar-refractivity contribution in [1.29, 1.82) is 0 Å². The molecule has 0 amide bonds. The number of aromatic amines is 1. The summed E-state index contributed by atoms with van der Waals surface area (Å²) in [6, 6.07) is 6.00. The maximum atomic E-state index is 12.3. The van der Waals surface area contributed by atoms with Crippen LogP contribution in [0.4, 0.5) is 5.69 Å². The Morgan fingerprint density at radius 1 is 1.30 bits per heavy atom.